The van der Waals surface area contributed by atoms with E-state index in [1.54, 1.807) is 31.6 Å². The summed E-state index contributed by atoms with van der Waals surface area (Å²) in [6.45, 7) is 3.02. The lowest BCUT2D eigenvalue weighted by molar-refractivity contribution is 0.0785. The maximum atomic E-state index is 13.9. The van der Waals surface area contributed by atoms with E-state index in [-0.39, 0.29) is 11.6 Å². The van der Waals surface area contributed by atoms with Gasteiger partial charge in [0.25, 0.3) is 5.91 Å². The van der Waals surface area contributed by atoms with Crippen molar-refractivity contribution in [1.82, 2.24) is 15.1 Å². The van der Waals surface area contributed by atoms with Crippen LogP contribution in [-0.2, 0) is 6.54 Å². The van der Waals surface area contributed by atoms with Gasteiger partial charge < -0.3 is 10.2 Å². The number of rotatable bonds is 6. The molecule has 6 heteroatoms. The Bertz CT molecular complexity index is 598. The second-order valence-corrected chi connectivity index (χ2v) is 4.86. The quantitative estimate of drug-likeness (QED) is 0.859. The number of carbonyl (C=O) groups excluding carboxylic acids is 1. The van der Waals surface area contributed by atoms with E-state index in [4.69, 9.17) is 0 Å². The lowest BCUT2D eigenvalue weighted by Gasteiger charge is -2.19. The van der Waals surface area contributed by atoms with Gasteiger partial charge in [0.15, 0.2) is 0 Å². The number of nitrogens with one attached hydrogen (secondary N) is 2. The van der Waals surface area contributed by atoms with Crippen LogP contribution in [0, 0.1) is 5.82 Å². The summed E-state index contributed by atoms with van der Waals surface area (Å²) in [7, 11) is 1.68. The van der Waals surface area contributed by atoms with Crippen LogP contribution in [0.1, 0.15) is 29.3 Å². The topological polar surface area (TPSA) is 61.0 Å². The molecule has 2 rings (SSSR count). The molecule has 0 aliphatic heterocycles. The molecule has 0 spiro atoms. The van der Waals surface area contributed by atoms with E-state index in [0.29, 0.717) is 18.7 Å². The van der Waals surface area contributed by atoms with Crippen molar-refractivity contribution in [2.75, 3.05) is 18.9 Å². The van der Waals surface area contributed by atoms with Gasteiger partial charge in [0.2, 0.25) is 0 Å². The Hall–Kier alpha value is -2.37. The third kappa shape index (κ3) is 3.59. The smallest absolute Gasteiger partial charge is 0.256 e. The second-order valence-electron chi connectivity index (χ2n) is 4.86. The van der Waals surface area contributed by atoms with Gasteiger partial charge in [-0.05, 0) is 18.6 Å². The highest BCUT2D eigenvalue weighted by atomic mass is 19.1. The first-order valence-corrected chi connectivity index (χ1v) is 6.89. The van der Waals surface area contributed by atoms with Crippen LogP contribution in [0.15, 0.2) is 30.6 Å². The largest absolute Gasteiger partial charge is 0.382 e. The average molecular weight is 290 g/mol. The minimum atomic E-state index is -0.411. The van der Waals surface area contributed by atoms with Crippen LogP contribution >= 0.6 is 0 Å². The fourth-order valence-corrected chi connectivity index (χ4v) is 2.05. The van der Waals surface area contributed by atoms with Gasteiger partial charge in [-0.2, -0.15) is 5.10 Å². The molecule has 0 bridgehead atoms. The lowest BCUT2D eigenvalue weighted by Crippen LogP contribution is -2.27. The van der Waals surface area contributed by atoms with Crippen LogP contribution in [0.25, 0.3) is 0 Å². The van der Waals surface area contributed by atoms with Crippen LogP contribution in [0.4, 0.5) is 10.1 Å². The molecule has 2 aromatic rings. The normalized spacial score (nSPS) is 10.4. The number of benzene rings is 1. The minimum absolute atomic E-state index is 0.227. The van der Waals surface area contributed by atoms with Crippen molar-refractivity contribution >= 4 is 11.6 Å². The molecule has 0 radical (unpaired) electrons. The molecule has 0 fully saturated rings. The van der Waals surface area contributed by atoms with Crippen molar-refractivity contribution in [1.29, 1.82) is 0 Å². The molecular formula is C15H19FN4O. The number of aromatic amines is 1. The number of para-hydroxylation sites is 1. The zero-order valence-electron chi connectivity index (χ0n) is 12.2. The van der Waals surface area contributed by atoms with Gasteiger partial charge in [-0.15, -0.1) is 0 Å². The first kappa shape index (κ1) is 15.0. The number of nitrogens with zero attached hydrogens (tertiary/aromatic N) is 2. The van der Waals surface area contributed by atoms with Crippen LogP contribution in [-0.4, -0.2) is 34.6 Å². The van der Waals surface area contributed by atoms with E-state index in [1.807, 2.05) is 6.92 Å². The van der Waals surface area contributed by atoms with Gasteiger partial charge in [0.05, 0.1) is 17.4 Å². The first-order chi connectivity index (χ1) is 10.1. The van der Waals surface area contributed by atoms with Crippen molar-refractivity contribution in [2.45, 2.75) is 19.9 Å². The van der Waals surface area contributed by atoms with Crippen molar-refractivity contribution in [3.05, 3.63) is 47.5 Å². The molecule has 0 saturated heterocycles. The maximum absolute atomic E-state index is 13.9. The number of carbonyl (C=O) groups is 1. The maximum Gasteiger partial charge on any atom is 0.256 e. The summed E-state index contributed by atoms with van der Waals surface area (Å²) in [6, 6.07) is 4.53. The Morgan fingerprint density at radius 3 is 2.95 bits per heavy atom. The van der Waals surface area contributed by atoms with E-state index in [2.05, 4.69) is 15.5 Å². The van der Waals surface area contributed by atoms with Crippen LogP contribution in [0.5, 0.6) is 0 Å². The number of aromatic nitrogens is 2. The standard InChI is InChI=1S/C15H19FN4O/c1-3-7-17-14-12(5-4-6-13(14)16)15(21)20(2)10-11-8-18-19-9-11/h4-6,8-9,17H,3,7,10H2,1-2H3,(H,18,19). The molecule has 2 N–H and O–H groups in total. The highest BCUT2D eigenvalue weighted by Crippen LogP contribution is 2.21. The van der Waals surface area contributed by atoms with Crippen molar-refractivity contribution in [2.24, 2.45) is 0 Å². The Morgan fingerprint density at radius 1 is 1.48 bits per heavy atom. The predicted molar refractivity (Wildman–Crippen MR) is 79.6 cm³/mol. The van der Waals surface area contributed by atoms with Gasteiger partial charge >= 0.3 is 0 Å². The second kappa shape index (κ2) is 6.88. The van der Waals surface area contributed by atoms with Crippen molar-refractivity contribution in [3.8, 4) is 0 Å². The molecule has 1 aromatic carbocycles. The molecular weight excluding hydrogens is 271 g/mol. The summed E-state index contributed by atoms with van der Waals surface area (Å²) in [5, 5.41) is 9.53. The van der Waals surface area contributed by atoms with E-state index in [1.165, 1.54) is 11.0 Å². The summed E-state index contributed by atoms with van der Waals surface area (Å²) >= 11 is 0. The summed E-state index contributed by atoms with van der Waals surface area (Å²) in [5.74, 6) is -0.639. The van der Waals surface area contributed by atoms with Crippen LogP contribution in [0.3, 0.4) is 0 Å². The molecule has 5 nitrogen and oxygen atoms in total. The summed E-state index contributed by atoms with van der Waals surface area (Å²) in [6.07, 6.45) is 4.24. The minimum Gasteiger partial charge on any atom is -0.382 e. The van der Waals surface area contributed by atoms with E-state index in [9.17, 15) is 9.18 Å². The van der Waals surface area contributed by atoms with Gasteiger partial charge in [-0.3, -0.25) is 9.89 Å². The summed E-state index contributed by atoms with van der Waals surface area (Å²) in [4.78, 5) is 14.0. The zero-order valence-corrected chi connectivity index (χ0v) is 12.2. The van der Waals surface area contributed by atoms with Crippen LogP contribution < -0.4 is 5.32 Å². The summed E-state index contributed by atoms with van der Waals surface area (Å²) < 4.78 is 13.9. The van der Waals surface area contributed by atoms with Gasteiger partial charge in [-0.25, -0.2) is 4.39 Å². The fourth-order valence-electron chi connectivity index (χ4n) is 2.05. The number of hydrogen-bond donors (Lipinski definition) is 2. The van der Waals surface area contributed by atoms with E-state index < -0.39 is 5.82 Å². The Kier molecular flexibility index (Phi) is 4.92. The lowest BCUT2D eigenvalue weighted by atomic mass is 10.1. The molecule has 1 amide bonds. The third-order valence-corrected chi connectivity index (χ3v) is 3.12. The number of anilines is 1. The molecule has 1 heterocycles. The predicted octanol–water partition coefficient (Wildman–Crippen LogP) is 2.64. The number of hydrogen-bond acceptors (Lipinski definition) is 3. The molecule has 112 valence electrons. The molecule has 1 aromatic heterocycles. The zero-order chi connectivity index (χ0) is 15.2. The summed E-state index contributed by atoms with van der Waals surface area (Å²) in [5.41, 5.74) is 1.50. The molecule has 21 heavy (non-hydrogen) atoms. The Balaban J connectivity index is 2.19. The highest BCUT2D eigenvalue weighted by molar-refractivity contribution is 5.99. The average Bonchev–Trinajstić information content (AvgIpc) is 2.98. The van der Waals surface area contributed by atoms with Gasteiger partial charge in [-0.1, -0.05) is 13.0 Å². The molecule has 0 aliphatic rings. The van der Waals surface area contributed by atoms with Crippen LogP contribution in [0.2, 0.25) is 0 Å². The van der Waals surface area contributed by atoms with E-state index >= 15 is 0 Å². The third-order valence-electron chi connectivity index (χ3n) is 3.12. The number of H-pyrrole nitrogens is 1. The number of amides is 1. The Morgan fingerprint density at radius 2 is 2.29 bits per heavy atom. The molecule has 0 aliphatic carbocycles. The van der Waals surface area contributed by atoms with Crippen molar-refractivity contribution in [3.63, 3.8) is 0 Å². The monoisotopic (exact) mass is 290 g/mol. The first-order valence-electron chi connectivity index (χ1n) is 6.89. The Labute approximate surface area is 123 Å². The van der Waals surface area contributed by atoms with E-state index in [0.717, 1.165) is 12.0 Å². The van der Waals surface area contributed by atoms with Gasteiger partial charge in [0.1, 0.15) is 5.82 Å². The van der Waals surface area contributed by atoms with Gasteiger partial charge in [0, 0.05) is 31.9 Å². The SMILES string of the molecule is CCCNc1c(F)cccc1C(=O)N(C)Cc1cn[nH]c1. The molecule has 0 saturated carbocycles. The molecule has 0 atom stereocenters. The number of halogens is 1. The van der Waals surface area contributed by atoms with Crippen molar-refractivity contribution < 1.29 is 9.18 Å². The highest BCUT2D eigenvalue weighted by Gasteiger charge is 2.18. The fraction of sp³-hybridized carbons (Fsp3) is 0.333. The molecule has 0 unspecified atom stereocenters.